The third-order valence-corrected chi connectivity index (χ3v) is 3.08. The molecule has 1 amide bonds. The molecule has 0 bridgehead atoms. The molecule has 1 saturated carbocycles. The van der Waals surface area contributed by atoms with Crippen LogP contribution in [-0.4, -0.2) is 34.7 Å². The van der Waals surface area contributed by atoms with Crippen LogP contribution in [0.2, 0.25) is 0 Å². The van der Waals surface area contributed by atoms with Gasteiger partial charge in [-0.3, -0.25) is 9.59 Å². The maximum atomic E-state index is 11.8. The van der Waals surface area contributed by atoms with Gasteiger partial charge in [-0.15, -0.1) is 0 Å². The van der Waals surface area contributed by atoms with Crippen LogP contribution in [0.4, 0.5) is 0 Å². The van der Waals surface area contributed by atoms with Crippen molar-refractivity contribution in [3.8, 4) is 0 Å². The lowest BCUT2D eigenvalue weighted by Gasteiger charge is -2.28. The van der Waals surface area contributed by atoms with Crippen LogP contribution < -0.4 is 5.32 Å². The quantitative estimate of drug-likeness (QED) is 0.650. The zero-order valence-corrected chi connectivity index (χ0v) is 9.48. The number of carbonyl (C=O) groups is 2. The van der Waals surface area contributed by atoms with E-state index >= 15 is 0 Å². The fourth-order valence-electron chi connectivity index (χ4n) is 2.14. The monoisotopic (exact) mass is 229 g/mol. The Morgan fingerprint density at radius 1 is 1.31 bits per heavy atom. The largest absolute Gasteiger partial charge is 0.481 e. The predicted molar refractivity (Wildman–Crippen MR) is 57.8 cm³/mol. The summed E-state index contributed by atoms with van der Waals surface area (Å²) in [6.45, 7) is 1.56. The zero-order valence-electron chi connectivity index (χ0n) is 9.48. The van der Waals surface area contributed by atoms with E-state index in [1.807, 2.05) is 0 Å². The molecule has 16 heavy (non-hydrogen) atoms. The maximum Gasteiger partial charge on any atom is 0.307 e. The zero-order chi connectivity index (χ0) is 12.1. The Morgan fingerprint density at radius 3 is 2.38 bits per heavy atom. The molecule has 0 aromatic heterocycles. The number of aliphatic carboxylic acids is 1. The number of amides is 1. The number of aliphatic hydroxyl groups excluding tert-OH is 1. The molecule has 1 fully saturated rings. The van der Waals surface area contributed by atoms with Crippen LogP contribution in [0, 0.1) is 11.8 Å². The minimum absolute atomic E-state index is 0.129. The van der Waals surface area contributed by atoms with Gasteiger partial charge < -0.3 is 15.5 Å². The minimum Gasteiger partial charge on any atom is -0.481 e. The van der Waals surface area contributed by atoms with E-state index < -0.39 is 17.8 Å². The molecule has 0 aromatic rings. The summed E-state index contributed by atoms with van der Waals surface area (Å²) in [4.78, 5) is 22.8. The lowest BCUT2D eigenvalue weighted by Crippen LogP contribution is -2.44. The lowest BCUT2D eigenvalue weighted by molar-refractivity contribution is -0.149. The number of nitrogens with one attached hydrogen (secondary N) is 1. The first-order valence-electron chi connectivity index (χ1n) is 5.70. The van der Waals surface area contributed by atoms with Gasteiger partial charge in [0.2, 0.25) is 5.91 Å². The average Bonchev–Trinajstić information content (AvgIpc) is 2.28. The Bertz CT molecular complexity index is 267. The van der Waals surface area contributed by atoms with Crippen molar-refractivity contribution >= 4 is 11.9 Å². The first-order valence-corrected chi connectivity index (χ1v) is 5.70. The molecule has 2 unspecified atom stereocenters. The molecule has 5 nitrogen and oxygen atoms in total. The molecule has 0 radical (unpaired) electrons. The van der Waals surface area contributed by atoms with Gasteiger partial charge in [-0.05, 0) is 19.8 Å². The van der Waals surface area contributed by atoms with E-state index in [2.05, 4.69) is 5.32 Å². The average molecular weight is 229 g/mol. The van der Waals surface area contributed by atoms with Gasteiger partial charge in [-0.25, -0.2) is 0 Å². The van der Waals surface area contributed by atoms with Crippen molar-refractivity contribution in [3.05, 3.63) is 0 Å². The summed E-state index contributed by atoms with van der Waals surface area (Å²) in [6.07, 6.45) is 2.97. The maximum absolute atomic E-state index is 11.8. The molecule has 1 rings (SSSR count). The van der Waals surface area contributed by atoms with Crippen LogP contribution >= 0.6 is 0 Å². The molecule has 0 aromatic carbocycles. The number of carboxylic acid groups (broad SMARTS) is 1. The van der Waals surface area contributed by atoms with Crippen LogP contribution in [0.5, 0.6) is 0 Å². The molecule has 3 atom stereocenters. The van der Waals surface area contributed by atoms with Crippen molar-refractivity contribution in [2.24, 2.45) is 11.8 Å². The second-order valence-electron chi connectivity index (χ2n) is 4.43. The normalized spacial score (nSPS) is 27.1. The Hall–Kier alpha value is -1.10. The molecular formula is C11H19NO4. The van der Waals surface area contributed by atoms with Crippen molar-refractivity contribution in [3.63, 3.8) is 0 Å². The van der Waals surface area contributed by atoms with Gasteiger partial charge in [-0.2, -0.15) is 0 Å². The highest BCUT2D eigenvalue weighted by Crippen LogP contribution is 2.30. The first kappa shape index (κ1) is 13.0. The summed E-state index contributed by atoms with van der Waals surface area (Å²) >= 11 is 0. The van der Waals surface area contributed by atoms with Crippen LogP contribution in [0.3, 0.4) is 0 Å². The van der Waals surface area contributed by atoms with Crippen molar-refractivity contribution in [2.45, 2.75) is 38.6 Å². The fourth-order valence-corrected chi connectivity index (χ4v) is 2.14. The lowest BCUT2D eigenvalue weighted by atomic mass is 9.78. The highest BCUT2D eigenvalue weighted by atomic mass is 16.4. The molecule has 92 valence electrons. The molecule has 0 spiro atoms. The molecule has 3 N–H and O–H groups in total. The van der Waals surface area contributed by atoms with E-state index in [0.717, 1.165) is 12.8 Å². The van der Waals surface area contributed by atoms with Gasteiger partial charge in [-0.1, -0.05) is 12.8 Å². The number of hydrogen-bond donors (Lipinski definition) is 3. The van der Waals surface area contributed by atoms with Crippen molar-refractivity contribution in [1.82, 2.24) is 5.32 Å². The molecular weight excluding hydrogens is 210 g/mol. The molecule has 0 aliphatic heterocycles. The second kappa shape index (κ2) is 5.84. The van der Waals surface area contributed by atoms with E-state index in [9.17, 15) is 9.59 Å². The fraction of sp³-hybridized carbons (Fsp3) is 0.818. The number of rotatable bonds is 4. The minimum atomic E-state index is -0.892. The van der Waals surface area contributed by atoms with E-state index in [-0.39, 0.29) is 18.6 Å². The third kappa shape index (κ3) is 3.20. The summed E-state index contributed by atoms with van der Waals surface area (Å²) in [5.74, 6) is -2.15. The van der Waals surface area contributed by atoms with Gasteiger partial charge in [0.05, 0.1) is 18.4 Å². The highest BCUT2D eigenvalue weighted by Gasteiger charge is 2.35. The summed E-state index contributed by atoms with van der Waals surface area (Å²) in [6, 6.07) is -0.316. The number of hydrogen-bond acceptors (Lipinski definition) is 3. The van der Waals surface area contributed by atoms with E-state index in [4.69, 9.17) is 10.2 Å². The van der Waals surface area contributed by atoms with E-state index in [1.54, 1.807) is 6.92 Å². The Morgan fingerprint density at radius 2 is 1.88 bits per heavy atom. The van der Waals surface area contributed by atoms with Crippen molar-refractivity contribution in [2.75, 3.05) is 6.61 Å². The SMILES string of the molecule is C[C@@H](CO)NC(=O)C1CCCCC1C(=O)O. The van der Waals surface area contributed by atoms with Crippen LogP contribution in [0.1, 0.15) is 32.6 Å². The van der Waals surface area contributed by atoms with Gasteiger partial charge in [0, 0.05) is 6.04 Å². The molecule has 5 heteroatoms. The van der Waals surface area contributed by atoms with Gasteiger partial charge in [0.1, 0.15) is 0 Å². The molecule has 1 aliphatic carbocycles. The topological polar surface area (TPSA) is 86.6 Å². The van der Waals surface area contributed by atoms with Gasteiger partial charge >= 0.3 is 5.97 Å². The number of carbonyl (C=O) groups excluding carboxylic acids is 1. The summed E-state index contributed by atoms with van der Waals surface area (Å²) < 4.78 is 0. The Labute approximate surface area is 94.8 Å². The third-order valence-electron chi connectivity index (χ3n) is 3.08. The standard InChI is InChI=1S/C11H19NO4/c1-7(6-13)12-10(14)8-4-2-3-5-9(8)11(15)16/h7-9,13H,2-6H2,1H3,(H,12,14)(H,15,16)/t7-,8?,9?/m0/s1. The highest BCUT2D eigenvalue weighted by molar-refractivity contribution is 5.85. The van der Waals surface area contributed by atoms with Crippen LogP contribution in [-0.2, 0) is 9.59 Å². The van der Waals surface area contributed by atoms with Gasteiger partial charge in [0.15, 0.2) is 0 Å². The smallest absolute Gasteiger partial charge is 0.307 e. The molecule has 0 heterocycles. The van der Waals surface area contributed by atoms with Crippen molar-refractivity contribution in [1.29, 1.82) is 0 Å². The van der Waals surface area contributed by atoms with Crippen LogP contribution in [0.25, 0.3) is 0 Å². The molecule has 1 aliphatic rings. The second-order valence-corrected chi connectivity index (χ2v) is 4.43. The predicted octanol–water partition coefficient (Wildman–Crippen LogP) is 0.374. The van der Waals surface area contributed by atoms with Crippen LogP contribution in [0.15, 0.2) is 0 Å². The Balaban J connectivity index is 2.60. The summed E-state index contributed by atoms with van der Waals surface area (Å²) in [7, 11) is 0. The van der Waals surface area contributed by atoms with Crippen molar-refractivity contribution < 1.29 is 19.8 Å². The summed E-state index contributed by atoms with van der Waals surface area (Å²) in [5, 5.41) is 20.5. The van der Waals surface area contributed by atoms with E-state index in [1.165, 1.54) is 0 Å². The molecule has 0 saturated heterocycles. The number of carboxylic acids is 1. The number of aliphatic hydroxyl groups is 1. The first-order chi connectivity index (χ1) is 7.56. The summed E-state index contributed by atoms with van der Waals surface area (Å²) in [5.41, 5.74) is 0. The van der Waals surface area contributed by atoms with E-state index in [0.29, 0.717) is 12.8 Å². The Kier molecular flexibility index (Phi) is 4.73. The van der Waals surface area contributed by atoms with Gasteiger partial charge in [0.25, 0.3) is 0 Å².